The monoisotopic (exact) mass is 313 g/mol. The number of phenols is 1. The average Bonchev–Trinajstić information content (AvgIpc) is 3.11. The lowest BCUT2D eigenvalue weighted by molar-refractivity contribution is 0.416. The zero-order valence-corrected chi connectivity index (χ0v) is 13.3. The minimum atomic E-state index is 0.205. The molecule has 2 N–H and O–H groups in total. The van der Waals surface area contributed by atoms with Crippen molar-refractivity contribution in [3.63, 3.8) is 0 Å². The molecule has 1 heterocycles. The van der Waals surface area contributed by atoms with E-state index in [2.05, 4.69) is 66.0 Å². The lowest BCUT2D eigenvalue weighted by atomic mass is 9.76. The molecule has 2 nitrogen and oxygen atoms in total. The zero-order chi connectivity index (χ0) is 16.1. The highest BCUT2D eigenvalue weighted by atomic mass is 16.3. The van der Waals surface area contributed by atoms with Crippen LogP contribution >= 0.6 is 0 Å². The number of hydrogen-bond acceptors (Lipinski definition) is 2. The van der Waals surface area contributed by atoms with Crippen LogP contribution in [0.2, 0.25) is 0 Å². The number of phenolic OH excluding ortho intramolecular Hbond substituents is 1. The second-order valence-electron chi connectivity index (χ2n) is 6.79. The van der Waals surface area contributed by atoms with E-state index in [-0.39, 0.29) is 6.04 Å². The molecule has 0 radical (unpaired) electrons. The quantitative estimate of drug-likeness (QED) is 0.467. The molecular formula is C22H19NO. The van der Waals surface area contributed by atoms with E-state index in [0.717, 1.165) is 12.1 Å². The van der Waals surface area contributed by atoms with Gasteiger partial charge in [0.1, 0.15) is 5.75 Å². The molecule has 118 valence electrons. The van der Waals surface area contributed by atoms with Crippen molar-refractivity contribution in [3.05, 3.63) is 83.9 Å². The highest BCUT2D eigenvalue weighted by Gasteiger charge is 2.39. The molecule has 0 aromatic heterocycles. The molecule has 24 heavy (non-hydrogen) atoms. The Morgan fingerprint density at radius 3 is 2.62 bits per heavy atom. The summed E-state index contributed by atoms with van der Waals surface area (Å²) in [6.07, 6.45) is 5.66. The Bertz CT molecular complexity index is 954. The smallest absolute Gasteiger partial charge is 0.138 e. The fourth-order valence-corrected chi connectivity index (χ4v) is 4.43. The van der Waals surface area contributed by atoms with Gasteiger partial charge in [0, 0.05) is 5.92 Å². The van der Waals surface area contributed by atoms with Crippen molar-refractivity contribution in [1.29, 1.82) is 0 Å². The minimum Gasteiger partial charge on any atom is -0.506 e. The number of hydrogen-bond donors (Lipinski definition) is 2. The summed E-state index contributed by atoms with van der Waals surface area (Å²) in [5.41, 5.74) is 3.43. The van der Waals surface area contributed by atoms with Crippen molar-refractivity contribution in [2.75, 3.05) is 5.32 Å². The first kappa shape index (κ1) is 13.7. The molecule has 2 heteroatoms. The summed E-state index contributed by atoms with van der Waals surface area (Å²) >= 11 is 0. The van der Waals surface area contributed by atoms with E-state index in [0.29, 0.717) is 17.6 Å². The first-order valence-corrected chi connectivity index (χ1v) is 8.55. The fraction of sp³-hybridized carbons (Fsp3) is 0.182. The van der Waals surface area contributed by atoms with Gasteiger partial charge >= 0.3 is 0 Å². The predicted octanol–water partition coefficient (Wildman–Crippen LogP) is 5.37. The zero-order valence-electron chi connectivity index (χ0n) is 13.3. The SMILES string of the molecule is Oc1cccc2c1NC(c1cccc3ccccc13)C1CC=CC21. The van der Waals surface area contributed by atoms with Crippen LogP contribution in [0.25, 0.3) is 10.8 Å². The van der Waals surface area contributed by atoms with Crippen molar-refractivity contribution < 1.29 is 5.11 Å². The van der Waals surface area contributed by atoms with Crippen LogP contribution in [0.15, 0.2) is 72.8 Å². The van der Waals surface area contributed by atoms with Gasteiger partial charge in [-0.3, -0.25) is 0 Å². The number of nitrogens with one attached hydrogen (secondary N) is 1. The third-order valence-electron chi connectivity index (χ3n) is 5.53. The highest BCUT2D eigenvalue weighted by Crippen LogP contribution is 2.52. The van der Waals surface area contributed by atoms with Crippen LogP contribution in [-0.2, 0) is 0 Å². The summed E-state index contributed by atoms with van der Waals surface area (Å²) in [5.74, 6) is 1.21. The third kappa shape index (κ3) is 1.89. The Morgan fingerprint density at radius 1 is 0.875 bits per heavy atom. The van der Waals surface area contributed by atoms with E-state index < -0.39 is 0 Å². The summed E-state index contributed by atoms with van der Waals surface area (Å²) in [6.45, 7) is 0. The Kier molecular flexibility index (Phi) is 2.93. The molecule has 5 rings (SSSR count). The maximum Gasteiger partial charge on any atom is 0.138 e. The maximum atomic E-state index is 10.4. The van der Waals surface area contributed by atoms with Gasteiger partial charge in [0.05, 0.1) is 11.7 Å². The van der Waals surface area contributed by atoms with Crippen molar-refractivity contribution in [2.45, 2.75) is 18.4 Å². The average molecular weight is 313 g/mol. The Hall–Kier alpha value is -2.74. The molecule has 1 aliphatic carbocycles. The number of aromatic hydroxyl groups is 1. The van der Waals surface area contributed by atoms with Crippen LogP contribution in [0.4, 0.5) is 5.69 Å². The van der Waals surface area contributed by atoms with E-state index in [1.54, 1.807) is 6.07 Å². The van der Waals surface area contributed by atoms with Crippen LogP contribution in [0.1, 0.15) is 29.5 Å². The molecule has 0 amide bonds. The molecule has 1 aliphatic heterocycles. The van der Waals surface area contributed by atoms with Crippen LogP contribution in [0.3, 0.4) is 0 Å². The van der Waals surface area contributed by atoms with E-state index in [9.17, 15) is 5.11 Å². The van der Waals surface area contributed by atoms with Crippen LogP contribution in [-0.4, -0.2) is 5.11 Å². The number of rotatable bonds is 1. The van der Waals surface area contributed by atoms with E-state index in [1.807, 2.05) is 6.07 Å². The first-order chi connectivity index (χ1) is 11.8. The van der Waals surface area contributed by atoms with Gasteiger partial charge in [-0.15, -0.1) is 0 Å². The summed E-state index contributed by atoms with van der Waals surface area (Å²) in [6, 6.07) is 21.1. The molecule has 2 aliphatic rings. The lowest BCUT2D eigenvalue weighted by Gasteiger charge is -2.38. The number of para-hydroxylation sites is 1. The van der Waals surface area contributed by atoms with Crippen LogP contribution < -0.4 is 5.32 Å². The second kappa shape index (κ2) is 5.13. The Morgan fingerprint density at radius 2 is 1.67 bits per heavy atom. The second-order valence-corrected chi connectivity index (χ2v) is 6.79. The number of benzene rings is 3. The largest absolute Gasteiger partial charge is 0.506 e. The van der Waals surface area contributed by atoms with Gasteiger partial charge in [0.15, 0.2) is 0 Å². The Balaban J connectivity index is 1.70. The molecule has 0 saturated carbocycles. The highest BCUT2D eigenvalue weighted by molar-refractivity contribution is 5.87. The van der Waals surface area contributed by atoms with Crippen molar-refractivity contribution in [1.82, 2.24) is 0 Å². The van der Waals surface area contributed by atoms with Gasteiger partial charge in [0.25, 0.3) is 0 Å². The number of fused-ring (bicyclic) bond motifs is 4. The molecule has 0 fully saturated rings. The van der Waals surface area contributed by atoms with Gasteiger partial charge in [-0.05, 0) is 40.3 Å². The molecule has 3 aromatic carbocycles. The summed E-state index contributed by atoms with van der Waals surface area (Å²) < 4.78 is 0. The normalized spacial score (nSPS) is 24.4. The van der Waals surface area contributed by atoms with E-state index in [1.165, 1.54) is 21.9 Å². The van der Waals surface area contributed by atoms with Crippen molar-refractivity contribution in [2.24, 2.45) is 5.92 Å². The predicted molar refractivity (Wildman–Crippen MR) is 98.4 cm³/mol. The van der Waals surface area contributed by atoms with Crippen LogP contribution in [0.5, 0.6) is 5.75 Å². The lowest BCUT2D eigenvalue weighted by Crippen LogP contribution is -2.29. The molecule has 0 bridgehead atoms. The van der Waals surface area contributed by atoms with Gasteiger partial charge in [-0.1, -0.05) is 66.7 Å². The standard InChI is InChI=1S/C22H19NO/c24-20-13-5-12-19-16-9-4-11-18(16)21(23-22(19)20)17-10-3-7-14-6-1-2-8-15(14)17/h1-10,12-13,16,18,21,23-24H,11H2. The molecule has 3 unspecified atom stereocenters. The van der Waals surface area contributed by atoms with E-state index in [4.69, 9.17) is 0 Å². The Labute approximate surface area is 141 Å². The van der Waals surface area contributed by atoms with Crippen molar-refractivity contribution >= 4 is 16.5 Å². The minimum absolute atomic E-state index is 0.205. The topological polar surface area (TPSA) is 32.3 Å². The van der Waals surface area contributed by atoms with Crippen molar-refractivity contribution in [3.8, 4) is 5.75 Å². The molecule has 3 atom stereocenters. The van der Waals surface area contributed by atoms with Gasteiger partial charge in [-0.2, -0.15) is 0 Å². The first-order valence-electron chi connectivity index (χ1n) is 8.55. The summed E-state index contributed by atoms with van der Waals surface area (Å²) in [7, 11) is 0. The summed E-state index contributed by atoms with van der Waals surface area (Å²) in [5, 5.41) is 16.6. The van der Waals surface area contributed by atoms with Crippen LogP contribution in [0, 0.1) is 5.92 Å². The van der Waals surface area contributed by atoms with Gasteiger partial charge in [0.2, 0.25) is 0 Å². The van der Waals surface area contributed by atoms with E-state index >= 15 is 0 Å². The maximum absolute atomic E-state index is 10.4. The number of allylic oxidation sites excluding steroid dienone is 2. The van der Waals surface area contributed by atoms with Gasteiger partial charge in [-0.25, -0.2) is 0 Å². The molecule has 0 spiro atoms. The summed E-state index contributed by atoms with van der Waals surface area (Å²) in [4.78, 5) is 0. The molecule has 0 saturated heterocycles. The third-order valence-corrected chi connectivity index (χ3v) is 5.53. The fourth-order valence-electron chi connectivity index (χ4n) is 4.43. The molecular weight excluding hydrogens is 294 g/mol. The number of anilines is 1. The van der Waals surface area contributed by atoms with Gasteiger partial charge < -0.3 is 10.4 Å². The molecule has 3 aromatic rings.